The molecule has 29 heavy (non-hydrogen) atoms. The van der Waals surface area contributed by atoms with Gasteiger partial charge in [-0.3, -0.25) is 4.79 Å². The molecule has 1 amide bonds. The van der Waals surface area contributed by atoms with Crippen molar-refractivity contribution in [3.8, 4) is 22.8 Å². The minimum atomic E-state index is -1.16. The van der Waals surface area contributed by atoms with Crippen LogP contribution in [0.15, 0.2) is 59.1 Å². The van der Waals surface area contributed by atoms with E-state index in [9.17, 15) is 14.7 Å². The zero-order chi connectivity index (χ0) is 20.8. The van der Waals surface area contributed by atoms with Crippen molar-refractivity contribution in [3.63, 3.8) is 0 Å². The number of nitrogens with one attached hydrogen (secondary N) is 1. The van der Waals surface area contributed by atoms with E-state index in [1.165, 1.54) is 19.2 Å². The monoisotopic (exact) mass is 394 g/mol. The highest BCUT2D eigenvalue weighted by Gasteiger charge is 2.16. The Kier molecular flexibility index (Phi) is 5.94. The Labute approximate surface area is 166 Å². The SMILES string of the molecule is CNC(=O)c1c(O)cccc1OCC=Cc1cccc(-c2cc(C(=O)O)no2)c1. The molecule has 0 aliphatic carbocycles. The first-order valence-corrected chi connectivity index (χ1v) is 8.63. The molecule has 148 valence electrons. The summed E-state index contributed by atoms with van der Waals surface area (Å²) >= 11 is 0. The van der Waals surface area contributed by atoms with Crippen molar-refractivity contribution >= 4 is 18.0 Å². The third-order valence-electron chi connectivity index (χ3n) is 4.00. The number of phenolic OH excluding ortho intramolecular Hbond substituents is 1. The number of carbonyl (C=O) groups is 2. The number of hydrogen-bond donors (Lipinski definition) is 3. The molecule has 0 saturated heterocycles. The fraction of sp³-hybridized carbons (Fsp3) is 0.0952. The van der Waals surface area contributed by atoms with Crippen LogP contribution in [-0.2, 0) is 0 Å². The summed E-state index contributed by atoms with van der Waals surface area (Å²) in [5, 5.41) is 24.8. The van der Waals surface area contributed by atoms with Crippen molar-refractivity contribution in [1.82, 2.24) is 10.5 Å². The topological polar surface area (TPSA) is 122 Å². The Morgan fingerprint density at radius 2 is 2.00 bits per heavy atom. The normalized spacial score (nSPS) is 10.8. The number of carboxylic acids is 1. The first kappa shape index (κ1) is 19.7. The molecule has 8 heteroatoms. The van der Waals surface area contributed by atoms with Gasteiger partial charge in [0.15, 0.2) is 11.5 Å². The lowest BCUT2D eigenvalue weighted by Crippen LogP contribution is -2.19. The number of aromatic carboxylic acids is 1. The van der Waals surface area contributed by atoms with E-state index < -0.39 is 11.9 Å². The highest BCUT2D eigenvalue weighted by atomic mass is 16.5. The van der Waals surface area contributed by atoms with Crippen molar-refractivity contribution < 1.29 is 29.1 Å². The summed E-state index contributed by atoms with van der Waals surface area (Å²) < 4.78 is 10.7. The van der Waals surface area contributed by atoms with Gasteiger partial charge in [-0.2, -0.15) is 0 Å². The number of benzene rings is 2. The Balaban J connectivity index is 1.70. The molecular weight excluding hydrogens is 376 g/mol. The number of aromatic nitrogens is 1. The summed E-state index contributed by atoms with van der Waals surface area (Å²) in [5.74, 6) is -1.14. The maximum atomic E-state index is 11.9. The van der Waals surface area contributed by atoms with E-state index in [1.807, 2.05) is 12.1 Å². The van der Waals surface area contributed by atoms with Crippen molar-refractivity contribution in [2.75, 3.05) is 13.7 Å². The van der Waals surface area contributed by atoms with Gasteiger partial charge in [-0.25, -0.2) is 4.79 Å². The van der Waals surface area contributed by atoms with Crippen molar-refractivity contribution in [2.45, 2.75) is 0 Å². The third kappa shape index (κ3) is 4.62. The Hall–Kier alpha value is -4.07. The summed E-state index contributed by atoms with van der Waals surface area (Å²) in [5.41, 5.74) is 1.43. The van der Waals surface area contributed by atoms with E-state index in [-0.39, 0.29) is 29.4 Å². The largest absolute Gasteiger partial charge is 0.507 e. The van der Waals surface area contributed by atoms with E-state index in [4.69, 9.17) is 14.4 Å². The molecule has 0 bridgehead atoms. The summed E-state index contributed by atoms with van der Waals surface area (Å²) in [6.07, 6.45) is 3.56. The van der Waals surface area contributed by atoms with Gasteiger partial charge in [0.1, 0.15) is 23.7 Å². The average molecular weight is 394 g/mol. The molecule has 0 aliphatic heterocycles. The summed E-state index contributed by atoms with van der Waals surface area (Å²) in [6, 6.07) is 13.2. The van der Waals surface area contributed by atoms with Crippen LogP contribution in [0.4, 0.5) is 0 Å². The second-order valence-corrected chi connectivity index (χ2v) is 5.95. The van der Waals surface area contributed by atoms with Crippen LogP contribution in [0, 0.1) is 0 Å². The maximum absolute atomic E-state index is 11.9. The standard InChI is InChI=1S/C21H18N2O6/c1-22-20(25)19-16(24)8-3-9-17(19)28-10-4-6-13-5-2-7-14(11-13)18-12-15(21(26)27)23-29-18/h2-9,11-12,24H,10H2,1H3,(H,22,25)(H,26,27). The van der Waals surface area contributed by atoms with Gasteiger partial charge in [-0.1, -0.05) is 35.5 Å². The molecule has 0 unspecified atom stereocenters. The molecule has 3 N–H and O–H groups in total. The molecular formula is C21H18N2O6. The smallest absolute Gasteiger partial charge is 0.358 e. The zero-order valence-corrected chi connectivity index (χ0v) is 15.5. The minimum absolute atomic E-state index is 0.0740. The number of rotatable bonds is 7. The first-order valence-electron chi connectivity index (χ1n) is 8.63. The number of nitrogens with zero attached hydrogens (tertiary/aromatic N) is 1. The van der Waals surface area contributed by atoms with E-state index in [0.29, 0.717) is 11.3 Å². The van der Waals surface area contributed by atoms with Crippen LogP contribution < -0.4 is 10.1 Å². The maximum Gasteiger partial charge on any atom is 0.358 e. The third-order valence-corrected chi connectivity index (χ3v) is 4.00. The van der Waals surface area contributed by atoms with Crippen LogP contribution in [-0.4, -0.2) is 40.9 Å². The Bertz CT molecular complexity index is 1070. The molecule has 8 nitrogen and oxygen atoms in total. The molecule has 0 fully saturated rings. The number of carboxylic acid groups (broad SMARTS) is 1. The van der Waals surface area contributed by atoms with Crippen molar-refractivity contribution in [2.24, 2.45) is 0 Å². The quantitative estimate of drug-likeness (QED) is 0.562. The molecule has 1 aromatic heterocycles. The average Bonchev–Trinajstić information content (AvgIpc) is 3.22. The molecule has 2 aromatic carbocycles. The molecule has 3 rings (SSSR count). The highest BCUT2D eigenvalue weighted by molar-refractivity contribution is 5.99. The number of ether oxygens (including phenoxy) is 1. The first-order chi connectivity index (χ1) is 14.0. The van der Waals surface area contributed by atoms with Crippen LogP contribution in [0.2, 0.25) is 0 Å². The molecule has 0 spiro atoms. The lowest BCUT2D eigenvalue weighted by atomic mass is 10.1. The fourth-order valence-corrected chi connectivity index (χ4v) is 2.62. The molecule has 0 radical (unpaired) electrons. The van der Waals surface area contributed by atoms with Gasteiger partial charge < -0.3 is 24.8 Å². The molecule has 0 saturated carbocycles. The van der Waals surface area contributed by atoms with Crippen molar-refractivity contribution in [1.29, 1.82) is 0 Å². The Morgan fingerprint density at radius 1 is 1.21 bits per heavy atom. The van der Waals surface area contributed by atoms with E-state index >= 15 is 0 Å². The zero-order valence-electron chi connectivity index (χ0n) is 15.5. The van der Waals surface area contributed by atoms with Crippen LogP contribution in [0.1, 0.15) is 26.4 Å². The second kappa shape index (κ2) is 8.75. The van der Waals surface area contributed by atoms with E-state index in [1.54, 1.807) is 36.4 Å². The van der Waals surface area contributed by atoms with Crippen molar-refractivity contribution in [3.05, 3.63) is 71.4 Å². The molecule has 0 atom stereocenters. The number of hydrogen-bond acceptors (Lipinski definition) is 6. The predicted octanol–water partition coefficient (Wildman–Crippen LogP) is 3.20. The summed E-state index contributed by atoms with van der Waals surface area (Å²) in [4.78, 5) is 22.8. The summed E-state index contributed by atoms with van der Waals surface area (Å²) in [7, 11) is 1.47. The van der Waals surface area contributed by atoms with Gasteiger partial charge in [0.05, 0.1) is 0 Å². The minimum Gasteiger partial charge on any atom is -0.507 e. The van der Waals surface area contributed by atoms with E-state index in [0.717, 1.165) is 5.56 Å². The highest BCUT2D eigenvalue weighted by Crippen LogP contribution is 2.27. The lowest BCUT2D eigenvalue weighted by Gasteiger charge is -2.10. The molecule has 0 aliphatic rings. The van der Waals surface area contributed by atoms with Crippen LogP contribution >= 0.6 is 0 Å². The second-order valence-electron chi connectivity index (χ2n) is 5.95. The van der Waals surface area contributed by atoms with Crippen LogP contribution in [0.3, 0.4) is 0 Å². The molecule has 3 aromatic rings. The molecule has 1 heterocycles. The number of aromatic hydroxyl groups is 1. The predicted molar refractivity (Wildman–Crippen MR) is 105 cm³/mol. The van der Waals surface area contributed by atoms with E-state index in [2.05, 4.69) is 10.5 Å². The fourth-order valence-electron chi connectivity index (χ4n) is 2.62. The van der Waals surface area contributed by atoms with Gasteiger partial charge in [-0.05, 0) is 29.8 Å². The van der Waals surface area contributed by atoms with Gasteiger partial charge >= 0.3 is 5.97 Å². The van der Waals surface area contributed by atoms with Gasteiger partial charge in [0.2, 0.25) is 0 Å². The van der Waals surface area contributed by atoms with Gasteiger partial charge in [0, 0.05) is 18.7 Å². The number of amides is 1. The Morgan fingerprint density at radius 3 is 2.72 bits per heavy atom. The lowest BCUT2D eigenvalue weighted by molar-refractivity contribution is 0.0685. The number of carbonyl (C=O) groups excluding carboxylic acids is 1. The summed E-state index contributed by atoms with van der Waals surface area (Å²) in [6.45, 7) is 0.170. The van der Waals surface area contributed by atoms with Gasteiger partial charge in [0.25, 0.3) is 5.91 Å². The van der Waals surface area contributed by atoms with Crippen LogP contribution in [0.25, 0.3) is 17.4 Å². The number of phenols is 1. The van der Waals surface area contributed by atoms with Gasteiger partial charge in [-0.15, -0.1) is 0 Å². The van der Waals surface area contributed by atoms with Crippen LogP contribution in [0.5, 0.6) is 11.5 Å².